The second-order valence-electron chi connectivity index (χ2n) is 5.74. The van der Waals surface area contributed by atoms with Crippen molar-refractivity contribution in [3.05, 3.63) is 23.8 Å². The fraction of sp³-hybridized carbons (Fsp3) is 0.611. The third-order valence-corrected chi connectivity index (χ3v) is 4.76. The zero-order chi connectivity index (χ0) is 16.0. The molecule has 3 heteroatoms. The minimum atomic E-state index is -0.00871. The Labute approximate surface area is 128 Å². The van der Waals surface area contributed by atoms with Gasteiger partial charge in [0.2, 0.25) is 0 Å². The molecule has 0 N–H and O–H groups in total. The van der Waals surface area contributed by atoms with E-state index in [1.807, 2.05) is 6.07 Å². The summed E-state index contributed by atoms with van der Waals surface area (Å²) in [6.07, 6.45) is 2.59. The SMILES string of the molecule is CCC(CC)(c1ccc(OC)c(OC)c1)C(C)CC(C)=O. The van der Waals surface area contributed by atoms with Crippen LogP contribution in [-0.4, -0.2) is 20.0 Å². The molecular weight excluding hydrogens is 264 g/mol. The average Bonchev–Trinajstić information content (AvgIpc) is 2.48. The Bertz CT molecular complexity index is 475. The monoisotopic (exact) mass is 292 g/mol. The molecule has 0 spiro atoms. The second kappa shape index (κ2) is 7.48. The normalized spacial score (nSPS) is 12.9. The minimum Gasteiger partial charge on any atom is -0.493 e. The summed E-state index contributed by atoms with van der Waals surface area (Å²) in [7, 11) is 3.29. The van der Waals surface area contributed by atoms with Gasteiger partial charge in [0, 0.05) is 6.42 Å². The number of ether oxygens (including phenoxy) is 2. The highest BCUT2D eigenvalue weighted by Gasteiger charge is 2.35. The Morgan fingerprint density at radius 3 is 2.14 bits per heavy atom. The minimum absolute atomic E-state index is 0.00871. The first-order chi connectivity index (χ1) is 9.94. The van der Waals surface area contributed by atoms with E-state index in [0.29, 0.717) is 12.3 Å². The van der Waals surface area contributed by atoms with Gasteiger partial charge in [-0.15, -0.1) is 0 Å². The molecule has 0 heterocycles. The Morgan fingerprint density at radius 2 is 1.71 bits per heavy atom. The first kappa shape index (κ1) is 17.5. The van der Waals surface area contributed by atoms with Crippen LogP contribution in [0.1, 0.15) is 52.5 Å². The molecule has 0 fully saturated rings. The fourth-order valence-electron chi connectivity index (χ4n) is 3.41. The lowest BCUT2D eigenvalue weighted by molar-refractivity contribution is -0.118. The molecule has 1 unspecified atom stereocenters. The van der Waals surface area contributed by atoms with Crippen molar-refractivity contribution in [2.75, 3.05) is 14.2 Å². The number of ketones is 1. The van der Waals surface area contributed by atoms with Gasteiger partial charge in [-0.25, -0.2) is 0 Å². The zero-order valence-electron chi connectivity index (χ0n) is 14.2. The van der Waals surface area contributed by atoms with Crippen molar-refractivity contribution < 1.29 is 14.3 Å². The summed E-state index contributed by atoms with van der Waals surface area (Å²) in [6.45, 7) is 8.22. The van der Waals surface area contributed by atoms with E-state index in [4.69, 9.17) is 9.47 Å². The van der Waals surface area contributed by atoms with E-state index in [1.165, 1.54) is 5.56 Å². The fourth-order valence-corrected chi connectivity index (χ4v) is 3.41. The van der Waals surface area contributed by atoms with Crippen molar-refractivity contribution in [2.45, 2.75) is 52.4 Å². The van der Waals surface area contributed by atoms with Gasteiger partial charge < -0.3 is 14.3 Å². The molecule has 0 aliphatic heterocycles. The highest BCUT2D eigenvalue weighted by Crippen LogP contribution is 2.43. The maximum Gasteiger partial charge on any atom is 0.161 e. The van der Waals surface area contributed by atoms with E-state index < -0.39 is 0 Å². The predicted octanol–water partition coefficient (Wildman–Crippen LogP) is 4.38. The summed E-state index contributed by atoms with van der Waals surface area (Å²) in [4.78, 5) is 11.5. The molecule has 1 aromatic carbocycles. The molecule has 21 heavy (non-hydrogen) atoms. The number of carbonyl (C=O) groups is 1. The number of hydrogen-bond acceptors (Lipinski definition) is 3. The van der Waals surface area contributed by atoms with Gasteiger partial charge in [-0.1, -0.05) is 26.8 Å². The summed E-state index contributed by atoms with van der Waals surface area (Å²) in [5.41, 5.74) is 1.21. The molecule has 118 valence electrons. The third-order valence-electron chi connectivity index (χ3n) is 4.76. The van der Waals surface area contributed by atoms with Crippen LogP contribution in [0.25, 0.3) is 0 Å². The average molecular weight is 292 g/mol. The Morgan fingerprint density at radius 1 is 1.14 bits per heavy atom. The van der Waals surface area contributed by atoms with E-state index in [9.17, 15) is 4.79 Å². The Balaban J connectivity index is 3.30. The lowest BCUT2D eigenvalue weighted by atomic mass is 9.66. The standard InChI is InChI=1S/C18H28O3/c1-7-18(8-2,13(3)11-14(4)19)15-9-10-16(20-5)17(12-15)21-6/h9-10,12-13H,7-8,11H2,1-6H3. The smallest absolute Gasteiger partial charge is 0.161 e. The van der Waals surface area contributed by atoms with E-state index >= 15 is 0 Å². The van der Waals surface area contributed by atoms with Gasteiger partial charge in [0.05, 0.1) is 14.2 Å². The first-order valence-electron chi connectivity index (χ1n) is 7.67. The summed E-state index contributed by atoms with van der Waals surface area (Å²) >= 11 is 0. The molecule has 0 aliphatic carbocycles. The van der Waals surface area contributed by atoms with Crippen LogP contribution in [0, 0.1) is 5.92 Å². The van der Waals surface area contributed by atoms with Crippen molar-refractivity contribution in [1.82, 2.24) is 0 Å². The molecule has 1 rings (SSSR count). The van der Waals surface area contributed by atoms with Gasteiger partial charge >= 0.3 is 0 Å². The molecule has 1 aromatic rings. The van der Waals surface area contributed by atoms with Gasteiger partial charge in [0.25, 0.3) is 0 Å². The van der Waals surface area contributed by atoms with Crippen LogP contribution >= 0.6 is 0 Å². The van der Waals surface area contributed by atoms with Gasteiger partial charge in [-0.05, 0) is 48.8 Å². The second-order valence-corrected chi connectivity index (χ2v) is 5.74. The van der Waals surface area contributed by atoms with Crippen molar-refractivity contribution in [3.63, 3.8) is 0 Å². The largest absolute Gasteiger partial charge is 0.493 e. The predicted molar refractivity (Wildman–Crippen MR) is 86.3 cm³/mol. The lowest BCUT2D eigenvalue weighted by Crippen LogP contribution is -2.33. The molecule has 0 saturated carbocycles. The molecule has 0 saturated heterocycles. The van der Waals surface area contributed by atoms with Crippen molar-refractivity contribution in [3.8, 4) is 11.5 Å². The summed E-state index contributed by atoms with van der Waals surface area (Å²) in [5, 5.41) is 0. The molecule has 0 bridgehead atoms. The molecule has 0 amide bonds. The van der Waals surface area contributed by atoms with Gasteiger partial charge in [-0.2, -0.15) is 0 Å². The number of benzene rings is 1. The summed E-state index contributed by atoms with van der Waals surface area (Å²) in [6, 6.07) is 6.11. The van der Waals surface area contributed by atoms with Crippen molar-refractivity contribution in [1.29, 1.82) is 0 Å². The van der Waals surface area contributed by atoms with E-state index in [0.717, 1.165) is 24.3 Å². The van der Waals surface area contributed by atoms with Gasteiger partial charge in [-0.3, -0.25) is 0 Å². The first-order valence-corrected chi connectivity index (χ1v) is 7.67. The Kier molecular flexibility index (Phi) is 6.25. The van der Waals surface area contributed by atoms with Crippen LogP contribution in [0.15, 0.2) is 18.2 Å². The Hall–Kier alpha value is -1.51. The molecule has 3 nitrogen and oxygen atoms in total. The quantitative estimate of drug-likeness (QED) is 0.713. The number of methoxy groups -OCH3 is 2. The van der Waals surface area contributed by atoms with Gasteiger partial charge in [0.15, 0.2) is 11.5 Å². The highest BCUT2D eigenvalue weighted by atomic mass is 16.5. The van der Waals surface area contributed by atoms with Crippen molar-refractivity contribution >= 4 is 5.78 Å². The molecule has 0 aromatic heterocycles. The zero-order valence-corrected chi connectivity index (χ0v) is 14.2. The lowest BCUT2D eigenvalue weighted by Gasteiger charge is -2.38. The maximum absolute atomic E-state index is 11.5. The molecule has 0 aliphatic rings. The summed E-state index contributed by atoms with van der Waals surface area (Å²) < 4.78 is 10.7. The van der Waals surface area contributed by atoms with Crippen LogP contribution in [0.5, 0.6) is 11.5 Å². The van der Waals surface area contributed by atoms with E-state index in [-0.39, 0.29) is 11.2 Å². The number of Topliss-reactive ketones (excluding diaryl/α,β-unsaturated/α-hetero) is 1. The van der Waals surface area contributed by atoms with E-state index in [2.05, 4.69) is 32.9 Å². The number of carbonyl (C=O) groups excluding carboxylic acids is 1. The van der Waals surface area contributed by atoms with Crippen LogP contribution in [0.2, 0.25) is 0 Å². The topological polar surface area (TPSA) is 35.5 Å². The van der Waals surface area contributed by atoms with Crippen LogP contribution in [-0.2, 0) is 10.2 Å². The third kappa shape index (κ3) is 3.58. The summed E-state index contributed by atoms with van der Waals surface area (Å²) in [5.74, 6) is 2.02. The van der Waals surface area contributed by atoms with Gasteiger partial charge in [0.1, 0.15) is 5.78 Å². The van der Waals surface area contributed by atoms with E-state index in [1.54, 1.807) is 21.1 Å². The van der Waals surface area contributed by atoms with Crippen molar-refractivity contribution in [2.24, 2.45) is 5.92 Å². The molecule has 1 atom stereocenters. The van der Waals surface area contributed by atoms with Crippen LogP contribution in [0.4, 0.5) is 0 Å². The molecular formula is C18H28O3. The maximum atomic E-state index is 11.5. The number of hydrogen-bond donors (Lipinski definition) is 0. The highest BCUT2D eigenvalue weighted by molar-refractivity contribution is 5.75. The van der Waals surface area contributed by atoms with Crippen LogP contribution in [0.3, 0.4) is 0 Å². The number of rotatable bonds is 8. The molecule has 0 radical (unpaired) electrons. The van der Waals surface area contributed by atoms with Crippen LogP contribution < -0.4 is 9.47 Å².